The highest BCUT2D eigenvalue weighted by atomic mass is 32.1. The number of hydrogen-bond acceptors (Lipinski definition) is 6. The Morgan fingerprint density at radius 2 is 2.13 bits per heavy atom. The van der Waals surface area contributed by atoms with Gasteiger partial charge < -0.3 is 9.88 Å². The van der Waals surface area contributed by atoms with Crippen LogP contribution in [0.25, 0.3) is 27.4 Å². The van der Waals surface area contributed by atoms with E-state index < -0.39 is 0 Å². The van der Waals surface area contributed by atoms with Crippen LogP contribution >= 0.6 is 11.3 Å². The Kier molecular flexibility index (Phi) is 4.55. The molecule has 30 heavy (non-hydrogen) atoms. The van der Waals surface area contributed by atoms with Gasteiger partial charge in [-0.2, -0.15) is 5.10 Å². The van der Waals surface area contributed by atoms with Gasteiger partial charge in [0.25, 0.3) is 0 Å². The lowest BCUT2D eigenvalue weighted by molar-refractivity contribution is -0.117. The summed E-state index contributed by atoms with van der Waals surface area (Å²) in [6.45, 7) is 4.05. The Balaban J connectivity index is 1.44. The van der Waals surface area contributed by atoms with Crippen molar-refractivity contribution in [3.05, 3.63) is 49.1 Å². The number of carbonyl (C=O) groups is 1. The van der Waals surface area contributed by atoms with E-state index in [0.717, 1.165) is 34.5 Å². The third-order valence-electron chi connectivity index (χ3n) is 5.03. The molecule has 4 aromatic heterocycles. The summed E-state index contributed by atoms with van der Waals surface area (Å²) in [5.41, 5.74) is 3.67. The molecule has 1 aliphatic rings. The molecule has 152 valence electrons. The number of aromatic amines is 1. The van der Waals surface area contributed by atoms with Crippen LogP contribution in [0, 0.1) is 5.92 Å². The highest BCUT2D eigenvalue weighted by molar-refractivity contribution is 7.22. The molecule has 0 aliphatic heterocycles. The molecule has 0 saturated heterocycles. The number of amides is 1. The molecule has 0 radical (unpaired) electrons. The highest BCUT2D eigenvalue weighted by Crippen LogP contribution is 2.34. The van der Waals surface area contributed by atoms with E-state index in [2.05, 4.69) is 30.5 Å². The van der Waals surface area contributed by atoms with Gasteiger partial charge in [-0.1, -0.05) is 17.4 Å². The van der Waals surface area contributed by atoms with Crippen molar-refractivity contribution < 1.29 is 4.79 Å². The number of thiazole rings is 1. The minimum Gasteiger partial charge on any atom is -0.310 e. The first-order valence-corrected chi connectivity index (χ1v) is 10.4. The van der Waals surface area contributed by atoms with Gasteiger partial charge in [-0.25, -0.2) is 15.0 Å². The number of aromatic nitrogens is 7. The molecule has 4 aromatic rings. The van der Waals surface area contributed by atoms with E-state index in [0.29, 0.717) is 16.6 Å². The van der Waals surface area contributed by atoms with Crippen molar-refractivity contribution >= 4 is 44.0 Å². The van der Waals surface area contributed by atoms with Crippen molar-refractivity contribution in [2.24, 2.45) is 5.92 Å². The summed E-state index contributed by atoms with van der Waals surface area (Å²) < 4.78 is 4.75. The van der Waals surface area contributed by atoms with E-state index in [4.69, 9.17) is 0 Å². The van der Waals surface area contributed by atoms with E-state index in [1.54, 1.807) is 18.9 Å². The van der Waals surface area contributed by atoms with Gasteiger partial charge in [0.1, 0.15) is 11.0 Å². The van der Waals surface area contributed by atoms with Crippen LogP contribution in [-0.2, 0) is 4.79 Å². The fraction of sp³-hybridized carbons (Fsp3) is 0.250. The summed E-state index contributed by atoms with van der Waals surface area (Å²) in [4.78, 5) is 24.9. The molecule has 0 aromatic carbocycles. The van der Waals surface area contributed by atoms with Crippen molar-refractivity contribution in [3.8, 4) is 5.82 Å². The van der Waals surface area contributed by atoms with Crippen LogP contribution in [0.5, 0.6) is 0 Å². The number of allylic oxidation sites excluding steroid dienone is 4. The van der Waals surface area contributed by atoms with Crippen molar-refractivity contribution in [3.63, 3.8) is 0 Å². The minimum atomic E-state index is 0.0445. The molecule has 0 atom stereocenters. The average Bonchev–Trinajstić information content (AvgIpc) is 3.15. The average molecular weight is 421 g/mol. The highest BCUT2D eigenvalue weighted by Gasteiger charge is 2.30. The molecule has 0 spiro atoms. The summed E-state index contributed by atoms with van der Waals surface area (Å²) >= 11 is 1.41. The second kappa shape index (κ2) is 7.38. The monoisotopic (exact) mass is 420 g/mol. The van der Waals surface area contributed by atoms with E-state index in [1.165, 1.54) is 11.3 Å². The first-order valence-electron chi connectivity index (χ1n) is 9.62. The minimum absolute atomic E-state index is 0.0445. The molecule has 1 amide bonds. The second-order valence-corrected chi connectivity index (χ2v) is 8.28. The predicted octanol–water partition coefficient (Wildman–Crippen LogP) is 3.71. The molecule has 2 N–H and O–H groups in total. The van der Waals surface area contributed by atoms with E-state index in [9.17, 15) is 4.79 Å². The van der Waals surface area contributed by atoms with Gasteiger partial charge in [-0.15, -0.1) is 0 Å². The van der Waals surface area contributed by atoms with Crippen LogP contribution in [0.1, 0.15) is 32.4 Å². The molecule has 0 bridgehead atoms. The van der Waals surface area contributed by atoms with E-state index in [1.807, 2.05) is 47.5 Å². The molecule has 9 nitrogen and oxygen atoms in total. The van der Waals surface area contributed by atoms with Crippen LogP contribution in [0.15, 0.2) is 43.4 Å². The van der Waals surface area contributed by atoms with Gasteiger partial charge in [-0.05, 0) is 38.3 Å². The molecular formula is C20H20N8OS. The van der Waals surface area contributed by atoms with Crippen LogP contribution in [0.2, 0.25) is 0 Å². The third kappa shape index (κ3) is 3.45. The first-order chi connectivity index (χ1) is 14.6. The third-order valence-corrected chi connectivity index (χ3v) is 6.00. The molecule has 5 rings (SSSR count). The molecule has 4 heterocycles. The number of hydrogen-bond donors (Lipinski definition) is 2. The van der Waals surface area contributed by atoms with Crippen LogP contribution in [0.3, 0.4) is 0 Å². The fourth-order valence-corrected chi connectivity index (χ4v) is 4.02. The van der Waals surface area contributed by atoms with E-state index in [-0.39, 0.29) is 11.8 Å². The summed E-state index contributed by atoms with van der Waals surface area (Å²) in [6, 6.07) is 0. The van der Waals surface area contributed by atoms with Crippen molar-refractivity contribution in [1.29, 1.82) is 0 Å². The Morgan fingerprint density at radius 1 is 1.27 bits per heavy atom. The maximum atomic E-state index is 12.0. The number of nitrogens with zero attached hydrogens (tertiary/aromatic N) is 6. The topological polar surface area (TPSA) is 106 Å². The molecule has 0 unspecified atom stereocenters. The Labute approximate surface area is 176 Å². The Hall–Kier alpha value is -3.53. The molecule has 1 saturated carbocycles. The predicted molar refractivity (Wildman–Crippen MR) is 116 cm³/mol. The molecular weight excluding hydrogens is 400 g/mol. The number of fused-ring (bicyclic) bond motifs is 1. The van der Waals surface area contributed by atoms with Gasteiger partial charge in [0.05, 0.1) is 18.2 Å². The first kappa shape index (κ1) is 18.5. The lowest BCUT2D eigenvalue weighted by Gasteiger charge is -2.05. The van der Waals surface area contributed by atoms with Crippen molar-refractivity contribution in [2.45, 2.75) is 26.7 Å². The SMILES string of the molecule is C/C(=C\C=C(/C)n1ccnc1)c1cncn1-c1n[nH]c2nc(NC(=O)C3CC3)sc12. The summed E-state index contributed by atoms with van der Waals surface area (Å²) in [5.74, 6) is 0.893. The van der Waals surface area contributed by atoms with Gasteiger partial charge in [0, 0.05) is 24.0 Å². The van der Waals surface area contributed by atoms with Crippen LogP contribution in [-0.4, -0.2) is 40.2 Å². The number of H-pyrrole nitrogens is 1. The van der Waals surface area contributed by atoms with Crippen LogP contribution in [0.4, 0.5) is 5.13 Å². The van der Waals surface area contributed by atoms with Crippen LogP contribution < -0.4 is 5.32 Å². The van der Waals surface area contributed by atoms with Gasteiger partial charge in [0.15, 0.2) is 16.6 Å². The second-order valence-electron chi connectivity index (χ2n) is 7.28. The lowest BCUT2D eigenvalue weighted by Crippen LogP contribution is -2.12. The Morgan fingerprint density at radius 3 is 2.90 bits per heavy atom. The van der Waals surface area contributed by atoms with Crippen molar-refractivity contribution in [1.82, 2.24) is 34.3 Å². The van der Waals surface area contributed by atoms with Gasteiger partial charge in [0.2, 0.25) is 5.91 Å². The Bertz CT molecular complexity index is 1270. The molecule has 1 aliphatic carbocycles. The normalized spacial score (nSPS) is 15.1. The smallest absolute Gasteiger partial charge is 0.229 e. The molecule has 10 heteroatoms. The summed E-state index contributed by atoms with van der Waals surface area (Å²) in [6.07, 6.45) is 15.0. The summed E-state index contributed by atoms with van der Waals surface area (Å²) in [5, 5.41) is 10.9. The number of nitrogens with one attached hydrogen (secondary N) is 2. The maximum absolute atomic E-state index is 12.0. The zero-order chi connectivity index (χ0) is 20.7. The number of imidazole rings is 2. The summed E-state index contributed by atoms with van der Waals surface area (Å²) in [7, 11) is 0. The zero-order valence-corrected chi connectivity index (χ0v) is 17.3. The standard InChI is InChI=1S/C20H20N8OS/c1-12(3-4-13(2)27-8-7-21-10-27)15-9-22-11-28(15)18-16-17(25-26-18)23-20(30-16)24-19(29)14-5-6-14/h3-4,7-11,14H,5-6H2,1-2H3,(H2,23,24,25,26,29)/b12-3+,13-4+. The number of anilines is 1. The largest absolute Gasteiger partial charge is 0.310 e. The fourth-order valence-electron chi connectivity index (χ4n) is 3.11. The lowest BCUT2D eigenvalue weighted by atomic mass is 10.2. The maximum Gasteiger partial charge on any atom is 0.229 e. The van der Waals surface area contributed by atoms with E-state index >= 15 is 0 Å². The molecule has 1 fully saturated rings. The van der Waals surface area contributed by atoms with Gasteiger partial charge in [-0.3, -0.25) is 14.5 Å². The van der Waals surface area contributed by atoms with Gasteiger partial charge >= 0.3 is 0 Å². The zero-order valence-electron chi connectivity index (χ0n) is 16.5. The van der Waals surface area contributed by atoms with Crippen molar-refractivity contribution in [2.75, 3.05) is 5.32 Å². The number of carbonyl (C=O) groups excluding carboxylic acids is 1. The quantitative estimate of drug-likeness (QED) is 0.463. The number of rotatable bonds is 6.